The van der Waals surface area contributed by atoms with E-state index in [1.165, 1.54) is 0 Å². The fraction of sp³-hybridized carbons (Fsp3) is 0.750. The fourth-order valence-corrected chi connectivity index (χ4v) is 1.14. The standard InChI is InChI=1S/C8H15NO2/c9-5-7(6-10)8-3-1-2-4-11-8/h3,7,10H,1-2,4-6,9H2. The first-order chi connectivity index (χ1) is 5.38. The van der Waals surface area contributed by atoms with Crippen LogP contribution in [0, 0.1) is 5.92 Å². The molecule has 3 heteroatoms. The Labute approximate surface area is 66.8 Å². The molecule has 0 saturated carbocycles. The zero-order valence-electron chi connectivity index (χ0n) is 6.62. The molecule has 3 nitrogen and oxygen atoms in total. The van der Waals surface area contributed by atoms with Crippen LogP contribution in [0.4, 0.5) is 0 Å². The van der Waals surface area contributed by atoms with Gasteiger partial charge >= 0.3 is 0 Å². The van der Waals surface area contributed by atoms with Crippen molar-refractivity contribution < 1.29 is 9.84 Å². The van der Waals surface area contributed by atoms with Crippen molar-refractivity contribution in [2.24, 2.45) is 11.7 Å². The van der Waals surface area contributed by atoms with Crippen LogP contribution in [0.1, 0.15) is 12.8 Å². The lowest BCUT2D eigenvalue weighted by molar-refractivity contribution is 0.131. The van der Waals surface area contributed by atoms with Crippen molar-refractivity contribution in [3.63, 3.8) is 0 Å². The Balaban J connectivity index is 2.48. The lowest BCUT2D eigenvalue weighted by Gasteiger charge is -2.20. The van der Waals surface area contributed by atoms with Gasteiger partial charge in [-0.1, -0.05) is 0 Å². The third kappa shape index (κ3) is 2.20. The second-order valence-electron chi connectivity index (χ2n) is 2.71. The number of hydrogen-bond acceptors (Lipinski definition) is 3. The van der Waals surface area contributed by atoms with E-state index in [4.69, 9.17) is 15.6 Å². The van der Waals surface area contributed by atoms with E-state index in [1.807, 2.05) is 6.08 Å². The molecule has 11 heavy (non-hydrogen) atoms. The van der Waals surface area contributed by atoms with Crippen LogP contribution in [0.25, 0.3) is 0 Å². The molecule has 0 bridgehead atoms. The lowest BCUT2D eigenvalue weighted by Crippen LogP contribution is -2.23. The van der Waals surface area contributed by atoms with Crippen molar-refractivity contribution in [1.82, 2.24) is 0 Å². The molecule has 0 saturated heterocycles. The van der Waals surface area contributed by atoms with Crippen LogP contribution in [-0.4, -0.2) is 24.9 Å². The quantitative estimate of drug-likeness (QED) is 0.617. The molecular weight excluding hydrogens is 142 g/mol. The van der Waals surface area contributed by atoms with E-state index in [2.05, 4.69) is 0 Å². The Morgan fingerprint density at radius 3 is 3.00 bits per heavy atom. The number of aliphatic hydroxyl groups excluding tert-OH is 1. The van der Waals surface area contributed by atoms with Crippen molar-refractivity contribution in [1.29, 1.82) is 0 Å². The van der Waals surface area contributed by atoms with Gasteiger partial charge in [-0.2, -0.15) is 0 Å². The van der Waals surface area contributed by atoms with Gasteiger partial charge in [0, 0.05) is 6.54 Å². The van der Waals surface area contributed by atoms with Crippen molar-refractivity contribution in [3.8, 4) is 0 Å². The Morgan fingerprint density at radius 1 is 1.73 bits per heavy atom. The van der Waals surface area contributed by atoms with Crippen LogP contribution in [0.5, 0.6) is 0 Å². The molecule has 0 aromatic heterocycles. The first-order valence-electron chi connectivity index (χ1n) is 4.02. The van der Waals surface area contributed by atoms with E-state index >= 15 is 0 Å². The SMILES string of the molecule is NCC(CO)C1=CCCCO1. The number of aliphatic hydroxyl groups is 1. The van der Waals surface area contributed by atoms with Gasteiger partial charge in [0.05, 0.1) is 24.9 Å². The Morgan fingerprint density at radius 2 is 2.55 bits per heavy atom. The van der Waals surface area contributed by atoms with Crippen LogP contribution in [0.3, 0.4) is 0 Å². The van der Waals surface area contributed by atoms with Gasteiger partial charge in [0.1, 0.15) is 0 Å². The molecular formula is C8H15NO2. The van der Waals surface area contributed by atoms with E-state index < -0.39 is 0 Å². The molecule has 0 aromatic carbocycles. The highest BCUT2D eigenvalue weighted by Gasteiger charge is 2.14. The second-order valence-corrected chi connectivity index (χ2v) is 2.71. The Hall–Kier alpha value is -0.540. The van der Waals surface area contributed by atoms with Gasteiger partial charge in [-0.05, 0) is 18.9 Å². The maximum atomic E-state index is 8.88. The number of ether oxygens (including phenoxy) is 1. The molecule has 0 radical (unpaired) electrons. The van der Waals surface area contributed by atoms with Crippen LogP contribution >= 0.6 is 0 Å². The van der Waals surface area contributed by atoms with Gasteiger partial charge in [0.15, 0.2) is 0 Å². The van der Waals surface area contributed by atoms with E-state index in [1.54, 1.807) is 0 Å². The summed E-state index contributed by atoms with van der Waals surface area (Å²) in [6, 6.07) is 0. The highest BCUT2D eigenvalue weighted by Crippen LogP contribution is 2.17. The van der Waals surface area contributed by atoms with E-state index in [-0.39, 0.29) is 12.5 Å². The van der Waals surface area contributed by atoms with Gasteiger partial charge in [0.25, 0.3) is 0 Å². The van der Waals surface area contributed by atoms with Crippen molar-refractivity contribution >= 4 is 0 Å². The average Bonchev–Trinajstić information content (AvgIpc) is 2.09. The van der Waals surface area contributed by atoms with E-state index in [0.29, 0.717) is 6.54 Å². The monoisotopic (exact) mass is 157 g/mol. The smallest absolute Gasteiger partial charge is 0.0986 e. The summed E-state index contributed by atoms with van der Waals surface area (Å²) in [6.45, 7) is 1.31. The number of hydrogen-bond donors (Lipinski definition) is 2. The van der Waals surface area contributed by atoms with Crippen LogP contribution in [0.15, 0.2) is 11.8 Å². The van der Waals surface area contributed by atoms with Crippen LogP contribution in [-0.2, 0) is 4.74 Å². The van der Waals surface area contributed by atoms with Gasteiger partial charge in [-0.15, -0.1) is 0 Å². The Bertz CT molecular complexity index is 141. The third-order valence-electron chi connectivity index (χ3n) is 1.87. The van der Waals surface area contributed by atoms with Gasteiger partial charge < -0.3 is 15.6 Å². The molecule has 3 N–H and O–H groups in total. The molecule has 1 heterocycles. The topological polar surface area (TPSA) is 55.5 Å². The first kappa shape index (κ1) is 8.56. The fourth-order valence-electron chi connectivity index (χ4n) is 1.14. The maximum absolute atomic E-state index is 8.88. The molecule has 1 atom stereocenters. The molecule has 1 aliphatic rings. The lowest BCUT2D eigenvalue weighted by atomic mass is 10.1. The van der Waals surface area contributed by atoms with Crippen molar-refractivity contribution in [2.45, 2.75) is 12.8 Å². The van der Waals surface area contributed by atoms with E-state index in [0.717, 1.165) is 25.2 Å². The largest absolute Gasteiger partial charge is 0.498 e. The normalized spacial score (nSPS) is 20.4. The summed E-state index contributed by atoms with van der Waals surface area (Å²) in [4.78, 5) is 0. The first-order valence-corrected chi connectivity index (χ1v) is 4.02. The van der Waals surface area contributed by atoms with Gasteiger partial charge in [0.2, 0.25) is 0 Å². The molecule has 0 fully saturated rings. The summed E-state index contributed by atoms with van der Waals surface area (Å²) in [5.74, 6) is 0.886. The molecule has 1 rings (SSSR count). The number of nitrogens with two attached hydrogens (primary N) is 1. The number of rotatable bonds is 3. The van der Waals surface area contributed by atoms with Crippen LogP contribution < -0.4 is 5.73 Å². The molecule has 0 aromatic rings. The minimum Gasteiger partial charge on any atom is -0.498 e. The zero-order valence-corrected chi connectivity index (χ0v) is 6.62. The summed E-state index contributed by atoms with van der Waals surface area (Å²) >= 11 is 0. The summed E-state index contributed by atoms with van der Waals surface area (Å²) in [5.41, 5.74) is 5.43. The highest BCUT2D eigenvalue weighted by atomic mass is 16.5. The van der Waals surface area contributed by atoms with E-state index in [9.17, 15) is 0 Å². The Kier molecular flexibility index (Phi) is 3.39. The molecule has 1 aliphatic heterocycles. The minimum atomic E-state index is 0.00954. The molecule has 0 spiro atoms. The van der Waals surface area contributed by atoms with Gasteiger partial charge in [-0.3, -0.25) is 0 Å². The summed E-state index contributed by atoms with van der Waals surface area (Å²) in [5, 5.41) is 8.88. The minimum absolute atomic E-state index is 0.00954. The van der Waals surface area contributed by atoms with Crippen LogP contribution in [0.2, 0.25) is 0 Å². The molecule has 64 valence electrons. The molecule has 0 amide bonds. The predicted molar refractivity (Wildman–Crippen MR) is 42.9 cm³/mol. The second kappa shape index (κ2) is 4.36. The van der Waals surface area contributed by atoms with Crippen molar-refractivity contribution in [2.75, 3.05) is 19.8 Å². The predicted octanol–water partition coefficient (Wildman–Crippen LogP) is 0.248. The van der Waals surface area contributed by atoms with Crippen molar-refractivity contribution in [3.05, 3.63) is 11.8 Å². The molecule has 0 aliphatic carbocycles. The maximum Gasteiger partial charge on any atom is 0.0986 e. The summed E-state index contributed by atoms with van der Waals surface area (Å²) in [7, 11) is 0. The summed E-state index contributed by atoms with van der Waals surface area (Å²) < 4.78 is 5.34. The zero-order chi connectivity index (χ0) is 8.10. The highest BCUT2D eigenvalue weighted by molar-refractivity contribution is 5.01. The van der Waals surface area contributed by atoms with Gasteiger partial charge in [-0.25, -0.2) is 0 Å². The summed E-state index contributed by atoms with van der Waals surface area (Å²) in [6.07, 6.45) is 4.15. The average molecular weight is 157 g/mol. The molecule has 1 unspecified atom stereocenters. The third-order valence-corrected chi connectivity index (χ3v) is 1.87. The number of allylic oxidation sites excluding steroid dienone is 1.